The molecule has 0 aromatic heterocycles. The Morgan fingerprint density at radius 3 is 2.46 bits per heavy atom. The van der Waals surface area contributed by atoms with Crippen molar-refractivity contribution in [2.45, 2.75) is 77.9 Å². The molecule has 0 radical (unpaired) electrons. The molecule has 4 nitrogen and oxygen atoms in total. The fourth-order valence-corrected chi connectivity index (χ4v) is 2.88. The monoisotopic (exact) mass is 342 g/mol. The van der Waals surface area contributed by atoms with Crippen LogP contribution in [0.1, 0.15) is 71.6 Å². The third-order valence-corrected chi connectivity index (χ3v) is 4.63. The molecule has 1 fully saturated rings. The van der Waals surface area contributed by atoms with Crippen LogP contribution in [-0.4, -0.2) is 38.0 Å². The van der Waals surface area contributed by atoms with E-state index in [1.807, 2.05) is 0 Å². The summed E-state index contributed by atoms with van der Waals surface area (Å²) in [4.78, 5) is 10.3. The highest BCUT2D eigenvalue weighted by Crippen LogP contribution is 2.24. The van der Waals surface area contributed by atoms with Crippen LogP contribution in [-0.2, 0) is 14.3 Å². The summed E-state index contributed by atoms with van der Waals surface area (Å²) < 4.78 is 10.3. The van der Waals surface area contributed by atoms with Crippen LogP contribution in [0.5, 0.6) is 0 Å². The minimum Gasteiger partial charge on any atom is -0.384 e. The highest BCUT2D eigenvalue weighted by Gasteiger charge is 2.16. The second kappa shape index (κ2) is 15.8. The van der Waals surface area contributed by atoms with E-state index in [9.17, 15) is 9.90 Å². The fraction of sp³-hybridized carbons (Fsp3) is 0.850. The predicted octanol–water partition coefficient (Wildman–Crippen LogP) is 4.51. The molecule has 142 valence electrons. The molecular formula is C20H38O4. The Balaban J connectivity index is 0.000000470. The zero-order valence-corrected chi connectivity index (χ0v) is 16.0. The molecule has 1 aliphatic rings. The van der Waals surface area contributed by atoms with Gasteiger partial charge in [0.1, 0.15) is 0 Å². The summed E-state index contributed by atoms with van der Waals surface area (Å²) in [7, 11) is 1.79. The summed E-state index contributed by atoms with van der Waals surface area (Å²) in [6, 6.07) is 0. The van der Waals surface area contributed by atoms with Gasteiger partial charge in [0.25, 0.3) is 0 Å². The molecule has 24 heavy (non-hydrogen) atoms. The van der Waals surface area contributed by atoms with Crippen molar-refractivity contribution in [3.8, 4) is 0 Å². The van der Waals surface area contributed by atoms with Crippen LogP contribution in [0.15, 0.2) is 12.2 Å². The van der Waals surface area contributed by atoms with E-state index in [-0.39, 0.29) is 5.57 Å². The second-order valence-corrected chi connectivity index (χ2v) is 6.75. The van der Waals surface area contributed by atoms with E-state index in [2.05, 4.69) is 20.4 Å². The molecule has 1 saturated carbocycles. The number of aliphatic hydroxyl groups is 1. The lowest BCUT2D eigenvalue weighted by atomic mass is 9.90. The van der Waals surface area contributed by atoms with Gasteiger partial charge in [0.2, 0.25) is 0 Å². The van der Waals surface area contributed by atoms with Crippen LogP contribution in [0.2, 0.25) is 0 Å². The lowest BCUT2D eigenvalue weighted by Gasteiger charge is -2.22. The molecule has 0 aromatic carbocycles. The molecule has 2 unspecified atom stereocenters. The molecule has 0 spiro atoms. The Labute approximate surface area is 148 Å². The molecule has 0 bridgehead atoms. The SMILES string of the molecule is C=C(C=O)C(O)OCC1CCCCC1.CCCCC(CC)COC. The van der Waals surface area contributed by atoms with Gasteiger partial charge >= 0.3 is 0 Å². The highest BCUT2D eigenvalue weighted by molar-refractivity contribution is 5.72. The first kappa shape index (κ1) is 23.3. The van der Waals surface area contributed by atoms with Crippen LogP contribution in [0.4, 0.5) is 0 Å². The third kappa shape index (κ3) is 11.8. The van der Waals surface area contributed by atoms with Gasteiger partial charge in [0.15, 0.2) is 12.6 Å². The smallest absolute Gasteiger partial charge is 0.183 e. The van der Waals surface area contributed by atoms with E-state index in [1.54, 1.807) is 7.11 Å². The van der Waals surface area contributed by atoms with Gasteiger partial charge in [-0.2, -0.15) is 0 Å². The van der Waals surface area contributed by atoms with Gasteiger partial charge in [-0.3, -0.25) is 4.79 Å². The van der Waals surface area contributed by atoms with Crippen LogP contribution in [0.3, 0.4) is 0 Å². The van der Waals surface area contributed by atoms with Crippen molar-refractivity contribution >= 4 is 6.29 Å². The standard InChI is InChI=1S/C11H18O3.C9H20O/c1-9(7-12)11(13)14-8-10-5-3-2-4-6-10;1-4-6-7-9(5-2)8-10-3/h7,10-11,13H,1-6,8H2;9H,4-8H2,1-3H3. The Morgan fingerprint density at radius 1 is 1.29 bits per heavy atom. The number of unbranched alkanes of at least 4 members (excludes halogenated alkanes) is 1. The quantitative estimate of drug-likeness (QED) is 0.341. The zero-order chi connectivity index (χ0) is 18.2. The maximum atomic E-state index is 10.3. The highest BCUT2D eigenvalue weighted by atomic mass is 16.6. The van der Waals surface area contributed by atoms with Crippen molar-refractivity contribution in [3.63, 3.8) is 0 Å². The number of ether oxygens (including phenoxy) is 2. The van der Waals surface area contributed by atoms with E-state index < -0.39 is 6.29 Å². The van der Waals surface area contributed by atoms with E-state index >= 15 is 0 Å². The van der Waals surface area contributed by atoms with Crippen molar-refractivity contribution < 1.29 is 19.4 Å². The molecule has 2 atom stereocenters. The van der Waals surface area contributed by atoms with Crippen molar-refractivity contribution in [3.05, 3.63) is 12.2 Å². The molecule has 0 aromatic rings. The molecule has 1 aliphatic carbocycles. The molecule has 4 heteroatoms. The van der Waals surface area contributed by atoms with Crippen LogP contribution < -0.4 is 0 Å². The Kier molecular flexibility index (Phi) is 15.3. The number of rotatable bonds is 11. The minimum absolute atomic E-state index is 0.0980. The second-order valence-electron chi connectivity index (χ2n) is 6.75. The minimum atomic E-state index is -1.12. The Morgan fingerprint density at radius 2 is 1.96 bits per heavy atom. The van der Waals surface area contributed by atoms with Gasteiger partial charge in [0, 0.05) is 19.3 Å². The summed E-state index contributed by atoms with van der Waals surface area (Å²) >= 11 is 0. The lowest BCUT2D eigenvalue weighted by molar-refractivity contribution is -0.114. The number of aliphatic hydroxyl groups excluding tert-OH is 1. The van der Waals surface area contributed by atoms with Crippen molar-refractivity contribution in [2.24, 2.45) is 11.8 Å². The zero-order valence-electron chi connectivity index (χ0n) is 16.0. The van der Waals surface area contributed by atoms with Crippen molar-refractivity contribution in [1.82, 2.24) is 0 Å². The molecule has 0 amide bonds. The van der Waals surface area contributed by atoms with Gasteiger partial charge in [-0.1, -0.05) is 59.0 Å². The lowest BCUT2D eigenvalue weighted by Crippen LogP contribution is -2.21. The van der Waals surface area contributed by atoms with Crippen molar-refractivity contribution in [2.75, 3.05) is 20.3 Å². The molecule has 0 saturated heterocycles. The average molecular weight is 343 g/mol. The Bertz CT molecular complexity index is 311. The maximum absolute atomic E-state index is 10.3. The molecule has 1 N–H and O–H groups in total. The summed E-state index contributed by atoms with van der Waals surface area (Å²) in [6.45, 7) is 9.34. The fourth-order valence-electron chi connectivity index (χ4n) is 2.88. The van der Waals surface area contributed by atoms with Crippen molar-refractivity contribution in [1.29, 1.82) is 0 Å². The third-order valence-electron chi connectivity index (χ3n) is 4.63. The maximum Gasteiger partial charge on any atom is 0.183 e. The first-order valence-corrected chi connectivity index (χ1v) is 9.51. The molecule has 0 aliphatic heterocycles. The summed E-state index contributed by atoms with van der Waals surface area (Å²) in [5.41, 5.74) is 0.0980. The number of hydrogen-bond acceptors (Lipinski definition) is 4. The predicted molar refractivity (Wildman–Crippen MR) is 98.9 cm³/mol. The number of methoxy groups -OCH3 is 1. The largest absolute Gasteiger partial charge is 0.384 e. The van der Waals surface area contributed by atoms with Gasteiger partial charge in [-0.15, -0.1) is 0 Å². The van der Waals surface area contributed by atoms with Gasteiger partial charge < -0.3 is 14.6 Å². The average Bonchev–Trinajstić information content (AvgIpc) is 2.63. The van der Waals surface area contributed by atoms with E-state index in [4.69, 9.17) is 9.47 Å². The topological polar surface area (TPSA) is 55.8 Å². The van der Waals surface area contributed by atoms with Crippen LogP contribution >= 0.6 is 0 Å². The first-order valence-electron chi connectivity index (χ1n) is 9.51. The van der Waals surface area contributed by atoms with E-state index in [0.717, 1.165) is 12.5 Å². The summed E-state index contributed by atoms with van der Waals surface area (Å²) in [5, 5.41) is 9.30. The summed E-state index contributed by atoms with van der Waals surface area (Å²) in [6.07, 6.45) is 10.8. The summed E-state index contributed by atoms with van der Waals surface area (Å²) in [5.74, 6) is 1.34. The van der Waals surface area contributed by atoms with Gasteiger partial charge in [-0.05, 0) is 31.1 Å². The number of carbonyl (C=O) groups is 1. The molecule has 0 heterocycles. The van der Waals surface area contributed by atoms with Gasteiger partial charge in [-0.25, -0.2) is 0 Å². The number of hydrogen-bond donors (Lipinski definition) is 1. The number of aldehydes is 1. The van der Waals surface area contributed by atoms with Gasteiger partial charge in [0.05, 0.1) is 6.61 Å². The Hall–Kier alpha value is -0.710. The normalized spacial score (nSPS) is 17.5. The van der Waals surface area contributed by atoms with Crippen LogP contribution in [0, 0.1) is 11.8 Å². The molecule has 1 rings (SSSR count). The number of carbonyl (C=O) groups excluding carboxylic acids is 1. The first-order chi connectivity index (χ1) is 11.6. The van der Waals surface area contributed by atoms with E-state index in [0.29, 0.717) is 18.8 Å². The van der Waals surface area contributed by atoms with Crippen LogP contribution in [0.25, 0.3) is 0 Å². The molecular weight excluding hydrogens is 304 g/mol. The van der Waals surface area contributed by atoms with E-state index in [1.165, 1.54) is 57.8 Å².